The van der Waals surface area contributed by atoms with Gasteiger partial charge in [0, 0.05) is 30.8 Å². The molecule has 0 aliphatic rings. The molecule has 6 N–H and O–H groups in total. The van der Waals surface area contributed by atoms with Crippen LogP contribution in [0.4, 0.5) is 5.82 Å². The van der Waals surface area contributed by atoms with Gasteiger partial charge in [-0.05, 0) is 26.7 Å². The van der Waals surface area contributed by atoms with Crippen molar-refractivity contribution in [1.29, 1.82) is 0 Å². The lowest BCUT2D eigenvalue weighted by atomic mass is 10.1. The number of nitrogens with zero attached hydrogens (tertiary/aromatic N) is 4. The number of aromatic nitrogens is 4. The smallest absolute Gasteiger partial charge is 0.227 e. The van der Waals surface area contributed by atoms with Gasteiger partial charge >= 0.3 is 0 Å². The Morgan fingerprint density at radius 3 is 2.38 bits per heavy atom. The fraction of sp³-hybridized carbons (Fsp3) is 0.500. The van der Waals surface area contributed by atoms with Crippen LogP contribution >= 0.6 is 0 Å². The third-order valence-corrected chi connectivity index (χ3v) is 5.12. The fourth-order valence-corrected chi connectivity index (χ4v) is 3.51. The summed E-state index contributed by atoms with van der Waals surface area (Å²) in [6.07, 6.45) is 0. The second-order valence-corrected chi connectivity index (χ2v) is 8.53. The number of hydrogen-bond donors (Lipinski definition) is 5. The van der Waals surface area contributed by atoms with Gasteiger partial charge in [0.1, 0.15) is 17.2 Å². The largest absolute Gasteiger partial charge is 0.507 e. The molecule has 0 saturated carbocycles. The number of phenols is 2. The van der Waals surface area contributed by atoms with Crippen LogP contribution in [0.1, 0.15) is 57.8 Å². The van der Waals surface area contributed by atoms with Crippen LogP contribution in [0.5, 0.6) is 17.2 Å². The van der Waals surface area contributed by atoms with E-state index in [0.717, 1.165) is 11.2 Å². The third-order valence-electron chi connectivity index (χ3n) is 5.12. The molecule has 0 fully saturated rings. The molecule has 174 valence electrons. The molecule has 10 nitrogen and oxygen atoms in total. The summed E-state index contributed by atoms with van der Waals surface area (Å²) in [5.41, 5.74) is 9.36. The number of aromatic hydroxyl groups is 2. The highest BCUT2D eigenvalue weighted by molar-refractivity contribution is 5.87. The van der Waals surface area contributed by atoms with Crippen LogP contribution in [0.2, 0.25) is 0 Å². The van der Waals surface area contributed by atoms with E-state index >= 15 is 0 Å². The normalized spacial score (nSPS) is 13.3. The second kappa shape index (κ2) is 9.47. The summed E-state index contributed by atoms with van der Waals surface area (Å²) < 4.78 is 7.14. The van der Waals surface area contributed by atoms with Gasteiger partial charge in [-0.2, -0.15) is 10.1 Å². The molecule has 0 amide bonds. The Morgan fingerprint density at radius 2 is 1.84 bits per heavy atom. The van der Waals surface area contributed by atoms with Crippen molar-refractivity contribution >= 4 is 16.9 Å². The van der Waals surface area contributed by atoms with Gasteiger partial charge in [-0.1, -0.05) is 13.8 Å². The zero-order chi connectivity index (χ0) is 23.6. The Bertz CT molecular complexity index is 1140. The molecule has 0 radical (unpaired) electrons. The predicted octanol–water partition coefficient (Wildman–Crippen LogP) is 2.74. The molecule has 0 aliphatic carbocycles. The van der Waals surface area contributed by atoms with Gasteiger partial charge in [0.05, 0.1) is 30.4 Å². The molecular formula is C22H33N7O3. The first-order valence-corrected chi connectivity index (χ1v) is 10.7. The first-order chi connectivity index (χ1) is 15.1. The molecule has 1 aromatic carbocycles. The summed E-state index contributed by atoms with van der Waals surface area (Å²) >= 11 is 0. The van der Waals surface area contributed by atoms with Crippen LogP contribution in [0.15, 0.2) is 17.1 Å². The van der Waals surface area contributed by atoms with E-state index in [9.17, 15) is 10.2 Å². The lowest BCUT2D eigenvalue weighted by Crippen LogP contribution is -2.30. The second-order valence-electron chi connectivity index (χ2n) is 8.53. The van der Waals surface area contributed by atoms with Crippen molar-refractivity contribution in [2.24, 2.45) is 10.7 Å². The lowest BCUT2D eigenvalue weighted by Gasteiger charge is -2.18. The summed E-state index contributed by atoms with van der Waals surface area (Å²) in [4.78, 5) is 9.39. The van der Waals surface area contributed by atoms with Crippen LogP contribution in [0.25, 0.3) is 11.0 Å². The number of nitrogens with one attached hydrogen (secondary N) is 2. The summed E-state index contributed by atoms with van der Waals surface area (Å²) in [6.45, 7) is 10.8. The Labute approximate surface area is 187 Å². The van der Waals surface area contributed by atoms with E-state index < -0.39 is 0 Å². The van der Waals surface area contributed by atoms with E-state index in [-0.39, 0.29) is 36.0 Å². The number of aromatic amines is 1. The van der Waals surface area contributed by atoms with E-state index in [1.54, 1.807) is 0 Å². The number of phenolic OH excluding ortho intramolecular Hbond substituents is 2. The van der Waals surface area contributed by atoms with Gasteiger partial charge in [-0.3, -0.25) is 5.10 Å². The number of benzene rings is 1. The number of rotatable bonds is 8. The quantitative estimate of drug-likeness (QED) is 0.360. The summed E-state index contributed by atoms with van der Waals surface area (Å²) in [7, 11) is 1.47. The molecule has 1 unspecified atom stereocenters. The van der Waals surface area contributed by atoms with E-state index in [1.807, 2.05) is 6.92 Å². The summed E-state index contributed by atoms with van der Waals surface area (Å²) in [5.74, 6) is 0.915. The fourth-order valence-electron chi connectivity index (χ4n) is 3.51. The molecule has 3 rings (SSSR count). The highest BCUT2D eigenvalue weighted by atomic mass is 16.5. The molecule has 0 bridgehead atoms. The van der Waals surface area contributed by atoms with Crippen molar-refractivity contribution in [3.63, 3.8) is 0 Å². The van der Waals surface area contributed by atoms with Crippen LogP contribution in [0, 0.1) is 0 Å². The van der Waals surface area contributed by atoms with Gasteiger partial charge in [-0.25, -0.2) is 4.99 Å². The van der Waals surface area contributed by atoms with Gasteiger partial charge in [0.25, 0.3) is 0 Å². The maximum atomic E-state index is 10.3. The number of ether oxygens (including phenoxy) is 1. The van der Waals surface area contributed by atoms with Crippen molar-refractivity contribution in [2.45, 2.75) is 59.2 Å². The van der Waals surface area contributed by atoms with Crippen LogP contribution < -0.4 is 21.4 Å². The van der Waals surface area contributed by atoms with Gasteiger partial charge in [0.15, 0.2) is 11.3 Å². The first kappa shape index (κ1) is 23.4. The maximum absolute atomic E-state index is 10.3. The lowest BCUT2D eigenvalue weighted by molar-refractivity contribution is 0.394. The van der Waals surface area contributed by atoms with Gasteiger partial charge in [0.2, 0.25) is 5.62 Å². The topological polar surface area (TPSA) is 147 Å². The van der Waals surface area contributed by atoms with Gasteiger partial charge in [-0.15, -0.1) is 0 Å². The van der Waals surface area contributed by atoms with Crippen LogP contribution in [-0.4, -0.2) is 49.7 Å². The first-order valence-electron chi connectivity index (χ1n) is 10.7. The molecule has 1 atom stereocenters. The number of nitrogens with two attached hydrogens (primary N) is 1. The molecule has 0 aliphatic heterocycles. The maximum Gasteiger partial charge on any atom is 0.227 e. The molecular weight excluding hydrogens is 410 g/mol. The van der Waals surface area contributed by atoms with Crippen LogP contribution in [-0.2, 0) is 6.54 Å². The Kier molecular flexibility index (Phi) is 6.93. The highest BCUT2D eigenvalue weighted by Crippen LogP contribution is 2.33. The van der Waals surface area contributed by atoms with E-state index in [4.69, 9.17) is 15.5 Å². The number of hydrogen-bond acceptors (Lipinski definition) is 8. The van der Waals surface area contributed by atoms with Crippen molar-refractivity contribution in [3.05, 3.63) is 29.0 Å². The predicted molar refractivity (Wildman–Crippen MR) is 124 cm³/mol. The molecule has 10 heteroatoms. The number of fused-ring (bicyclic) bond motifs is 1. The summed E-state index contributed by atoms with van der Waals surface area (Å²) in [6, 6.07) is 2.89. The van der Waals surface area contributed by atoms with Gasteiger partial charge < -0.3 is 30.6 Å². The SMILES string of the molecule is COc1cc(O)c(CNc2nc(=NCC(C)N)n(C(C)C)c3c(C(C)C)[nH]nc23)c(O)c1. The van der Waals surface area contributed by atoms with Crippen LogP contribution in [0.3, 0.4) is 0 Å². The monoisotopic (exact) mass is 443 g/mol. The average molecular weight is 444 g/mol. The zero-order valence-electron chi connectivity index (χ0n) is 19.5. The number of H-pyrrole nitrogens is 1. The van der Waals surface area contributed by atoms with E-state index in [0.29, 0.717) is 34.8 Å². The molecule has 2 heterocycles. The minimum absolute atomic E-state index is 0.0782. The molecule has 3 aromatic rings. The molecule has 0 spiro atoms. The standard InChI is InChI=1S/C22H33N7O3/c1-11(2)18-20-19(28-27-18)21(26-22(25-9-13(5)23)29(20)12(3)4)24-10-15-16(30)7-14(32-6)8-17(15)31/h7-8,11-13,30-31H,9-10,23H2,1-6H3,(H,27,28)(H,24,25,26). The minimum Gasteiger partial charge on any atom is -0.507 e. The Hall–Kier alpha value is -3.27. The Balaban J connectivity index is 2.15. The highest BCUT2D eigenvalue weighted by Gasteiger charge is 2.21. The zero-order valence-corrected chi connectivity index (χ0v) is 19.5. The number of anilines is 1. The summed E-state index contributed by atoms with van der Waals surface area (Å²) in [5, 5.41) is 31.5. The van der Waals surface area contributed by atoms with Crippen molar-refractivity contribution in [2.75, 3.05) is 19.0 Å². The van der Waals surface area contributed by atoms with Crippen molar-refractivity contribution < 1.29 is 14.9 Å². The molecule has 0 saturated heterocycles. The number of methoxy groups -OCH3 is 1. The minimum atomic E-state index is -0.105. The van der Waals surface area contributed by atoms with Crippen molar-refractivity contribution in [1.82, 2.24) is 19.7 Å². The molecule has 2 aromatic heterocycles. The average Bonchev–Trinajstić information content (AvgIpc) is 3.16. The Morgan fingerprint density at radius 1 is 1.19 bits per heavy atom. The van der Waals surface area contributed by atoms with E-state index in [2.05, 4.69) is 52.8 Å². The van der Waals surface area contributed by atoms with E-state index in [1.165, 1.54) is 19.2 Å². The third kappa shape index (κ3) is 4.64. The van der Waals surface area contributed by atoms with Crippen molar-refractivity contribution in [3.8, 4) is 17.2 Å². The molecule has 32 heavy (non-hydrogen) atoms.